The molecule has 1 unspecified atom stereocenters. The molecular formula is C12H22N2O4. The summed E-state index contributed by atoms with van der Waals surface area (Å²) in [5.41, 5.74) is -0.838. The number of likely N-dealkylation sites (tertiary alicyclic amines) is 1. The molecule has 0 aliphatic carbocycles. The van der Waals surface area contributed by atoms with Crippen LogP contribution in [0, 0.1) is 11.3 Å². The van der Waals surface area contributed by atoms with E-state index in [9.17, 15) is 14.7 Å². The lowest BCUT2D eigenvalue weighted by Crippen LogP contribution is -2.44. The summed E-state index contributed by atoms with van der Waals surface area (Å²) in [6.45, 7) is 4.62. The zero-order chi connectivity index (χ0) is 13.9. The van der Waals surface area contributed by atoms with Gasteiger partial charge < -0.3 is 20.0 Å². The highest BCUT2D eigenvalue weighted by Crippen LogP contribution is 2.38. The first-order chi connectivity index (χ1) is 8.35. The number of hydrogen-bond donors (Lipinski definition) is 2. The van der Waals surface area contributed by atoms with E-state index in [1.807, 2.05) is 13.8 Å². The third-order valence-corrected chi connectivity index (χ3v) is 3.86. The molecule has 18 heavy (non-hydrogen) atoms. The van der Waals surface area contributed by atoms with E-state index in [2.05, 4.69) is 0 Å². The normalized spacial score (nSPS) is 23.5. The van der Waals surface area contributed by atoms with E-state index in [1.165, 1.54) is 4.90 Å². The van der Waals surface area contributed by atoms with Crippen molar-refractivity contribution in [1.29, 1.82) is 0 Å². The largest absolute Gasteiger partial charge is 0.481 e. The highest BCUT2D eigenvalue weighted by Gasteiger charge is 2.48. The highest BCUT2D eigenvalue weighted by molar-refractivity contribution is 5.80. The smallest absolute Gasteiger partial charge is 0.319 e. The van der Waals surface area contributed by atoms with Crippen molar-refractivity contribution in [2.75, 3.05) is 33.3 Å². The van der Waals surface area contributed by atoms with Crippen molar-refractivity contribution in [1.82, 2.24) is 9.80 Å². The molecule has 1 atom stereocenters. The van der Waals surface area contributed by atoms with Gasteiger partial charge in [-0.3, -0.25) is 4.79 Å². The molecule has 0 radical (unpaired) electrons. The number of aliphatic hydroxyl groups excluding tert-OH is 1. The van der Waals surface area contributed by atoms with Crippen LogP contribution in [0.1, 0.15) is 20.3 Å². The van der Waals surface area contributed by atoms with Gasteiger partial charge in [-0.15, -0.1) is 0 Å². The lowest BCUT2D eigenvalue weighted by atomic mass is 9.76. The third-order valence-electron chi connectivity index (χ3n) is 3.86. The molecule has 2 amide bonds. The van der Waals surface area contributed by atoms with Crippen LogP contribution in [0.5, 0.6) is 0 Å². The first kappa shape index (κ1) is 14.8. The number of aliphatic carboxylic acids is 1. The standard InChI is InChI=1S/C12H22N2O4/c1-9(2)12(10(16)17)4-5-14(8-12)11(18)13(3)6-7-15/h9,15H,4-8H2,1-3H3,(H,16,17). The molecule has 1 heterocycles. The second-order valence-corrected chi connectivity index (χ2v) is 5.22. The van der Waals surface area contributed by atoms with Gasteiger partial charge in [-0.25, -0.2) is 4.79 Å². The Morgan fingerprint density at radius 3 is 2.44 bits per heavy atom. The van der Waals surface area contributed by atoms with Crippen LogP contribution in [0.4, 0.5) is 4.79 Å². The van der Waals surface area contributed by atoms with Gasteiger partial charge in [0.15, 0.2) is 0 Å². The minimum Gasteiger partial charge on any atom is -0.481 e. The molecule has 104 valence electrons. The van der Waals surface area contributed by atoms with Gasteiger partial charge in [-0.2, -0.15) is 0 Å². The molecule has 0 saturated carbocycles. The van der Waals surface area contributed by atoms with E-state index in [0.717, 1.165) is 0 Å². The van der Waals surface area contributed by atoms with E-state index < -0.39 is 11.4 Å². The van der Waals surface area contributed by atoms with Crippen LogP contribution in [0.3, 0.4) is 0 Å². The van der Waals surface area contributed by atoms with Gasteiger partial charge in [0.25, 0.3) is 0 Å². The molecule has 0 spiro atoms. The summed E-state index contributed by atoms with van der Waals surface area (Å²) in [6, 6.07) is -0.215. The molecular weight excluding hydrogens is 236 g/mol. The molecule has 0 aromatic heterocycles. The minimum atomic E-state index is -0.838. The van der Waals surface area contributed by atoms with Crippen molar-refractivity contribution in [2.45, 2.75) is 20.3 Å². The fourth-order valence-corrected chi connectivity index (χ4v) is 2.38. The zero-order valence-electron chi connectivity index (χ0n) is 11.2. The molecule has 1 aliphatic rings. The zero-order valence-corrected chi connectivity index (χ0v) is 11.2. The predicted molar refractivity (Wildman–Crippen MR) is 66.2 cm³/mol. The Bertz CT molecular complexity index is 332. The molecule has 1 saturated heterocycles. The molecule has 0 bridgehead atoms. The Labute approximate surface area is 107 Å². The van der Waals surface area contributed by atoms with Gasteiger partial charge >= 0.3 is 12.0 Å². The Morgan fingerprint density at radius 2 is 2.06 bits per heavy atom. The number of amides is 2. The summed E-state index contributed by atoms with van der Waals surface area (Å²) in [4.78, 5) is 26.4. The maximum Gasteiger partial charge on any atom is 0.319 e. The molecule has 6 nitrogen and oxygen atoms in total. The molecule has 1 fully saturated rings. The number of nitrogens with zero attached hydrogens (tertiary/aromatic N) is 2. The van der Waals surface area contributed by atoms with Gasteiger partial charge in [0.1, 0.15) is 0 Å². The Morgan fingerprint density at radius 1 is 1.44 bits per heavy atom. The number of hydrogen-bond acceptors (Lipinski definition) is 3. The molecule has 6 heteroatoms. The number of carboxylic acid groups (broad SMARTS) is 1. The highest BCUT2D eigenvalue weighted by atomic mass is 16.4. The number of rotatable bonds is 4. The minimum absolute atomic E-state index is 0.0176. The van der Waals surface area contributed by atoms with Crippen LogP contribution in [0.2, 0.25) is 0 Å². The number of carboxylic acids is 1. The first-order valence-corrected chi connectivity index (χ1v) is 6.19. The number of urea groups is 1. The first-order valence-electron chi connectivity index (χ1n) is 6.19. The lowest BCUT2D eigenvalue weighted by molar-refractivity contribution is -0.150. The number of aliphatic hydroxyl groups is 1. The average molecular weight is 258 g/mol. The van der Waals surface area contributed by atoms with Crippen LogP contribution < -0.4 is 0 Å². The topological polar surface area (TPSA) is 81.1 Å². The van der Waals surface area contributed by atoms with Crippen molar-refractivity contribution < 1.29 is 19.8 Å². The molecule has 1 aliphatic heterocycles. The second-order valence-electron chi connectivity index (χ2n) is 5.22. The monoisotopic (exact) mass is 258 g/mol. The van der Waals surface area contributed by atoms with Crippen molar-refractivity contribution in [3.63, 3.8) is 0 Å². The fraction of sp³-hybridized carbons (Fsp3) is 0.833. The van der Waals surface area contributed by atoms with Crippen molar-refractivity contribution in [3.8, 4) is 0 Å². The summed E-state index contributed by atoms with van der Waals surface area (Å²) in [5.74, 6) is -0.853. The van der Waals surface area contributed by atoms with E-state index in [1.54, 1.807) is 11.9 Å². The molecule has 1 rings (SSSR count). The molecule has 2 N–H and O–H groups in total. The fourth-order valence-electron chi connectivity index (χ4n) is 2.38. The predicted octanol–water partition coefficient (Wildman–Crippen LogP) is 0.463. The summed E-state index contributed by atoms with van der Waals surface area (Å²) < 4.78 is 0. The summed E-state index contributed by atoms with van der Waals surface area (Å²) in [5, 5.41) is 18.2. The lowest BCUT2D eigenvalue weighted by Gasteiger charge is -2.30. The van der Waals surface area contributed by atoms with E-state index in [4.69, 9.17) is 5.11 Å². The van der Waals surface area contributed by atoms with Crippen molar-refractivity contribution >= 4 is 12.0 Å². The van der Waals surface area contributed by atoms with Gasteiger partial charge in [0.05, 0.1) is 12.0 Å². The Balaban J connectivity index is 2.75. The SMILES string of the molecule is CC(C)C1(C(=O)O)CCN(C(=O)N(C)CCO)C1. The van der Waals surface area contributed by atoms with Crippen LogP contribution in [0.15, 0.2) is 0 Å². The third kappa shape index (κ3) is 2.58. The quantitative estimate of drug-likeness (QED) is 0.767. The molecule has 0 aromatic rings. The Hall–Kier alpha value is -1.30. The van der Waals surface area contributed by atoms with E-state index >= 15 is 0 Å². The van der Waals surface area contributed by atoms with E-state index in [0.29, 0.717) is 13.0 Å². The van der Waals surface area contributed by atoms with Gasteiger partial charge in [0, 0.05) is 26.7 Å². The van der Waals surface area contributed by atoms with Gasteiger partial charge in [-0.05, 0) is 12.3 Å². The maximum absolute atomic E-state index is 12.0. The summed E-state index contributed by atoms with van der Waals surface area (Å²) >= 11 is 0. The van der Waals surface area contributed by atoms with Crippen molar-refractivity contribution in [2.24, 2.45) is 11.3 Å². The van der Waals surface area contributed by atoms with Crippen LogP contribution in [0.25, 0.3) is 0 Å². The summed E-state index contributed by atoms with van der Waals surface area (Å²) in [6.07, 6.45) is 0.485. The number of carbonyl (C=O) groups is 2. The second kappa shape index (κ2) is 5.56. The van der Waals surface area contributed by atoms with Gasteiger partial charge in [0.2, 0.25) is 0 Å². The van der Waals surface area contributed by atoms with Crippen LogP contribution in [-0.4, -0.2) is 65.3 Å². The molecule has 0 aromatic carbocycles. The van der Waals surface area contributed by atoms with Crippen molar-refractivity contribution in [3.05, 3.63) is 0 Å². The maximum atomic E-state index is 12.0. The van der Waals surface area contributed by atoms with Crippen LogP contribution >= 0.6 is 0 Å². The Kier molecular flexibility index (Phi) is 4.56. The number of likely N-dealkylation sites (N-methyl/N-ethyl adjacent to an activating group) is 1. The van der Waals surface area contributed by atoms with E-state index in [-0.39, 0.29) is 31.6 Å². The summed E-state index contributed by atoms with van der Waals surface area (Å²) in [7, 11) is 1.61. The van der Waals surface area contributed by atoms with Gasteiger partial charge in [-0.1, -0.05) is 13.8 Å². The average Bonchev–Trinajstić information content (AvgIpc) is 2.74. The van der Waals surface area contributed by atoms with Crippen LogP contribution in [-0.2, 0) is 4.79 Å². The number of carbonyl (C=O) groups excluding carboxylic acids is 1.